The maximum absolute atomic E-state index is 13.9. The number of nitrogens with zero attached hydrogens (tertiary/aromatic N) is 1. The van der Waals surface area contributed by atoms with Crippen LogP contribution >= 0.6 is 0 Å². The number of amides is 9. The molecule has 0 aromatic carbocycles. The first kappa shape index (κ1) is 66.5. The van der Waals surface area contributed by atoms with Crippen LogP contribution in [0, 0.1) is 17.8 Å². The van der Waals surface area contributed by atoms with Crippen molar-refractivity contribution >= 4 is 71.1 Å². The largest absolute Gasteiger partial charge is 0.481 e. The molecule has 1 heterocycles. The molecule has 75 heavy (non-hydrogen) atoms. The van der Waals surface area contributed by atoms with E-state index in [9.17, 15) is 88.2 Å². The van der Waals surface area contributed by atoms with Crippen molar-refractivity contribution in [3.8, 4) is 0 Å². The predicted molar refractivity (Wildman–Crippen MR) is 263 cm³/mol. The van der Waals surface area contributed by atoms with E-state index in [0.717, 1.165) is 4.90 Å². The van der Waals surface area contributed by atoms with Gasteiger partial charge in [0.05, 0.1) is 38.2 Å². The number of rotatable bonds is 34. The molecular weight excluding hydrogens is 995 g/mol. The summed E-state index contributed by atoms with van der Waals surface area (Å²) in [4.78, 5) is 158. The molecule has 9 amide bonds. The topological polar surface area (TPSA) is 478 Å². The molecule has 18 N–H and O–H groups in total. The minimum atomic E-state index is -1.94. The van der Waals surface area contributed by atoms with Crippen molar-refractivity contribution < 1.29 is 88.2 Å². The van der Waals surface area contributed by atoms with Gasteiger partial charge in [-0.05, 0) is 63.3 Å². The Morgan fingerprint density at radius 2 is 1.07 bits per heavy atom. The summed E-state index contributed by atoms with van der Waals surface area (Å²) in [6.07, 6.45) is -1.82. The number of aliphatic hydroxyl groups is 3. The summed E-state index contributed by atoms with van der Waals surface area (Å²) < 4.78 is 0. The second-order valence-corrected chi connectivity index (χ2v) is 19.2. The molecule has 426 valence electrons. The Morgan fingerprint density at radius 3 is 1.57 bits per heavy atom. The Morgan fingerprint density at radius 1 is 0.587 bits per heavy atom. The maximum Gasteiger partial charge on any atom is 0.328 e. The smallest absolute Gasteiger partial charge is 0.328 e. The van der Waals surface area contributed by atoms with Crippen molar-refractivity contribution in [2.75, 3.05) is 26.3 Å². The molecule has 0 aliphatic carbocycles. The molecule has 0 unspecified atom stereocenters. The second-order valence-electron chi connectivity index (χ2n) is 19.2. The van der Waals surface area contributed by atoms with Crippen LogP contribution in [0.3, 0.4) is 0 Å². The molecule has 0 bridgehead atoms. The van der Waals surface area contributed by atoms with Crippen molar-refractivity contribution in [2.45, 2.75) is 173 Å². The lowest BCUT2D eigenvalue weighted by Gasteiger charge is -2.31. The van der Waals surface area contributed by atoms with Gasteiger partial charge in [0.2, 0.25) is 53.2 Å². The van der Waals surface area contributed by atoms with Crippen LogP contribution in [0.4, 0.5) is 0 Å². The second kappa shape index (κ2) is 32.7. The number of nitrogens with one attached hydrogen (secondary N) is 8. The Hall–Kier alpha value is -6.56. The summed E-state index contributed by atoms with van der Waals surface area (Å²) in [6, 6.07) is -15.8. The van der Waals surface area contributed by atoms with E-state index in [0.29, 0.717) is 19.4 Å². The normalized spacial score (nSPS) is 17.7. The predicted octanol–water partition coefficient (Wildman–Crippen LogP) is -5.54. The molecule has 1 rings (SSSR count). The number of carboxylic acid groups (broad SMARTS) is 3. The zero-order chi connectivity index (χ0) is 57.4. The summed E-state index contributed by atoms with van der Waals surface area (Å²) in [5, 5.41) is 77.2. The van der Waals surface area contributed by atoms with Gasteiger partial charge in [0.1, 0.15) is 54.4 Å². The monoisotopic (exact) mass is 1070 g/mol. The minimum absolute atomic E-state index is 0.0227. The molecule has 0 radical (unpaired) electrons. The van der Waals surface area contributed by atoms with Gasteiger partial charge in [-0.2, -0.15) is 0 Å². The molecule has 0 aromatic rings. The number of hydrogen-bond donors (Lipinski definition) is 16. The van der Waals surface area contributed by atoms with E-state index < -0.39 is 175 Å². The molecule has 1 saturated heterocycles. The highest BCUT2D eigenvalue weighted by molar-refractivity contribution is 6.00. The van der Waals surface area contributed by atoms with Gasteiger partial charge in [0.25, 0.3) is 0 Å². The van der Waals surface area contributed by atoms with Gasteiger partial charge in [0.15, 0.2) is 0 Å². The lowest BCUT2D eigenvalue weighted by Crippen LogP contribution is -2.62. The summed E-state index contributed by atoms with van der Waals surface area (Å²) >= 11 is 0. The van der Waals surface area contributed by atoms with E-state index in [4.69, 9.17) is 11.5 Å². The number of aliphatic carboxylic acids is 3. The highest BCUT2D eigenvalue weighted by atomic mass is 16.4. The summed E-state index contributed by atoms with van der Waals surface area (Å²) in [5.41, 5.74) is 11.4. The van der Waals surface area contributed by atoms with E-state index >= 15 is 0 Å². The van der Waals surface area contributed by atoms with Crippen molar-refractivity contribution in [2.24, 2.45) is 29.2 Å². The van der Waals surface area contributed by atoms with Crippen molar-refractivity contribution in [3.05, 3.63) is 0 Å². The quantitative estimate of drug-likeness (QED) is 0.0267. The molecule has 0 aromatic heterocycles. The number of likely N-dealkylation sites (tertiary alicyclic amines) is 1. The van der Waals surface area contributed by atoms with Crippen LogP contribution in [0.5, 0.6) is 0 Å². The molecule has 0 spiro atoms. The highest BCUT2D eigenvalue weighted by Gasteiger charge is 2.42. The number of nitrogens with two attached hydrogens (primary N) is 2. The summed E-state index contributed by atoms with van der Waals surface area (Å²) in [6.45, 7) is 8.92. The van der Waals surface area contributed by atoms with Crippen LogP contribution < -0.4 is 54.0 Å². The molecule has 1 fully saturated rings. The Kier molecular flexibility index (Phi) is 29.0. The third-order valence-corrected chi connectivity index (χ3v) is 12.2. The van der Waals surface area contributed by atoms with Gasteiger partial charge in [-0.1, -0.05) is 54.4 Å². The molecule has 29 heteroatoms. The number of aliphatic hydroxyl groups excluding tert-OH is 3. The number of unbranched alkanes of at least 4 members (excludes halogenated alkanes) is 1. The molecule has 29 nitrogen and oxygen atoms in total. The van der Waals surface area contributed by atoms with E-state index in [-0.39, 0.29) is 44.6 Å². The fourth-order valence-corrected chi connectivity index (χ4v) is 7.72. The number of carbonyl (C=O) groups is 12. The maximum atomic E-state index is 13.9. The van der Waals surface area contributed by atoms with Crippen molar-refractivity contribution in [3.63, 3.8) is 0 Å². The van der Waals surface area contributed by atoms with Crippen LogP contribution in [0.25, 0.3) is 0 Å². The van der Waals surface area contributed by atoms with Gasteiger partial charge < -0.3 is 89.5 Å². The lowest BCUT2D eigenvalue weighted by molar-refractivity contribution is -0.148. The van der Waals surface area contributed by atoms with Gasteiger partial charge in [0, 0.05) is 6.54 Å². The number of carbonyl (C=O) groups excluding carboxylic acids is 9. The minimum Gasteiger partial charge on any atom is -0.481 e. The van der Waals surface area contributed by atoms with Crippen LogP contribution in [0.15, 0.2) is 0 Å². The summed E-state index contributed by atoms with van der Waals surface area (Å²) in [7, 11) is 0. The fourth-order valence-electron chi connectivity index (χ4n) is 7.72. The summed E-state index contributed by atoms with van der Waals surface area (Å²) in [5.74, 6) is -15.9. The first-order chi connectivity index (χ1) is 35.0. The first-order valence-corrected chi connectivity index (χ1v) is 24.8. The first-order valence-electron chi connectivity index (χ1n) is 24.8. The van der Waals surface area contributed by atoms with E-state index in [1.807, 2.05) is 0 Å². The van der Waals surface area contributed by atoms with Crippen LogP contribution in [-0.4, -0.2) is 199 Å². The average molecular weight is 1070 g/mol. The fraction of sp³-hybridized carbons (Fsp3) is 0.739. The van der Waals surface area contributed by atoms with E-state index in [2.05, 4.69) is 42.5 Å². The van der Waals surface area contributed by atoms with Gasteiger partial charge >= 0.3 is 17.9 Å². The molecule has 12 atom stereocenters. The molecule has 1 aliphatic rings. The number of carboxylic acids is 3. The zero-order valence-corrected chi connectivity index (χ0v) is 43.5. The number of hydrogen-bond acceptors (Lipinski definition) is 17. The Labute approximate surface area is 434 Å². The molecule has 1 aliphatic heterocycles. The van der Waals surface area contributed by atoms with Crippen molar-refractivity contribution in [1.82, 2.24) is 47.4 Å². The van der Waals surface area contributed by atoms with Crippen LogP contribution in [0.1, 0.15) is 106 Å². The Bertz CT molecular complexity index is 2010. The van der Waals surface area contributed by atoms with Crippen LogP contribution in [-0.2, 0) is 57.5 Å². The van der Waals surface area contributed by atoms with Gasteiger partial charge in [-0.3, -0.25) is 52.7 Å². The standard InChI is InChI=1S/C46H79N11O18/c1-8-23(6)35(55-44(72)36(24(7)60)56-37(65)25(48)12-9-10-14-47)43(71)52-29(19-58)40(68)49-26(16-21(2)3)38(66)50-27(17-32(61)62)39(67)54-34(22(4)5)42(70)51-28(18-33(63)64)45(73)57-15-11-13-31(57)41(69)53-30(20-59)46(74)75/h21-31,34-36,58-60H,8-20,47-48H2,1-7H3,(H,49,68)(H,50,66)(H,51,70)(H,52,71)(H,53,69)(H,54,67)(H,55,72)(H,56,65)(H,61,62)(H,63,64)(H,74,75)/t23-,24+,25-,26-,27-,28-,29-,30-,31-,34-,35-,36-/m0/s1. The third kappa shape index (κ3) is 22.1. The highest BCUT2D eigenvalue weighted by Crippen LogP contribution is 2.20. The molecule has 0 saturated carbocycles. The van der Waals surface area contributed by atoms with Gasteiger partial charge in [-0.25, -0.2) is 4.79 Å². The van der Waals surface area contributed by atoms with E-state index in [1.165, 1.54) is 20.8 Å². The van der Waals surface area contributed by atoms with Crippen molar-refractivity contribution in [1.29, 1.82) is 0 Å². The SMILES string of the molecule is CC[C@H](C)[C@H](NC(=O)[C@@H](NC(=O)[C@@H](N)CCCCN)[C@@H](C)O)C(=O)N[C@@H](CO)C(=O)N[C@@H](CC(C)C)C(=O)N[C@@H](CC(=O)O)C(=O)N[C@H](C(=O)N[C@@H](CC(=O)O)C(=O)N1CCC[C@H]1C(=O)N[C@@H](CO)C(=O)O)C(C)C. The van der Waals surface area contributed by atoms with Gasteiger partial charge in [-0.15, -0.1) is 0 Å². The Balaban J connectivity index is 3.34. The van der Waals surface area contributed by atoms with Crippen LogP contribution in [0.2, 0.25) is 0 Å². The molecular formula is C46H79N11O18. The zero-order valence-electron chi connectivity index (χ0n) is 43.5. The third-order valence-electron chi connectivity index (χ3n) is 12.2. The lowest BCUT2D eigenvalue weighted by atomic mass is 9.97. The average Bonchev–Trinajstić information content (AvgIpc) is 3.83. The van der Waals surface area contributed by atoms with E-state index in [1.54, 1.807) is 27.7 Å².